The zero-order chi connectivity index (χ0) is 22.1. The van der Waals surface area contributed by atoms with E-state index < -0.39 is 5.41 Å². The molecule has 0 saturated carbocycles. The van der Waals surface area contributed by atoms with Gasteiger partial charge in [-0.05, 0) is 69.1 Å². The predicted octanol–water partition coefficient (Wildman–Crippen LogP) is 4.79. The normalized spacial score (nSPS) is 15.6. The number of amides is 1. The number of hydrogen-bond donors (Lipinski definition) is 1. The minimum atomic E-state index is -0.552. The van der Waals surface area contributed by atoms with E-state index in [0.717, 1.165) is 43.1 Å². The molecular formula is C26H36N2O3. The summed E-state index contributed by atoms with van der Waals surface area (Å²) in [5.41, 5.74) is 2.48. The molecule has 0 bridgehead atoms. The number of rotatable bonds is 10. The maximum absolute atomic E-state index is 13.4. The molecule has 2 aromatic rings. The molecule has 5 nitrogen and oxygen atoms in total. The lowest BCUT2D eigenvalue weighted by Gasteiger charge is -2.36. The molecule has 1 aliphatic heterocycles. The molecule has 168 valence electrons. The van der Waals surface area contributed by atoms with Crippen molar-refractivity contribution in [1.29, 1.82) is 0 Å². The molecule has 2 aromatic carbocycles. The van der Waals surface area contributed by atoms with Crippen molar-refractivity contribution in [2.24, 2.45) is 0 Å². The van der Waals surface area contributed by atoms with Crippen LogP contribution >= 0.6 is 0 Å². The highest BCUT2D eigenvalue weighted by molar-refractivity contribution is 5.99. The summed E-state index contributed by atoms with van der Waals surface area (Å²) in [6.45, 7) is 11.5. The van der Waals surface area contributed by atoms with Crippen LogP contribution in [0.5, 0.6) is 5.75 Å². The van der Waals surface area contributed by atoms with Crippen LogP contribution in [0.15, 0.2) is 48.5 Å². The smallest absolute Gasteiger partial charge is 0.235 e. The summed E-state index contributed by atoms with van der Waals surface area (Å²) in [4.78, 5) is 15.8. The molecule has 1 aliphatic rings. The fourth-order valence-corrected chi connectivity index (χ4v) is 4.21. The van der Waals surface area contributed by atoms with Crippen LogP contribution in [-0.4, -0.2) is 50.3 Å². The summed E-state index contributed by atoms with van der Waals surface area (Å²) in [5.74, 6) is 0.867. The largest absolute Gasteiger partial charge is 0.494 e. The Labute approximate surface area is 186 Å². The highest BCUT2D eigenvalue weighted by Gasteiger charge is 2.41. The molecule has 1 amide bonds. The lowest BCUT2D eigenvalue weighted by Crippen LogP contribution is -2.44. The van der Waals surface area contributed by atoms with E-state index >= 15 is 0 Å². The molecule has 1 heterocycles. The summed E-state index contributed by atoms with van der Waals surface area (Å²) in [6, 6.07) is 16.0. The third kappa shape index (κ3) is 6.08. The number of hydrogen-bond acceptors (Lipinski definition) is 4. The zero-order valence-electron chi connectivity index (χ0n) is 19.2. The predicted molar refractivity (Wildman–Crippen MR) is 126 cm³/mol. The Morgan fingerprint density at radius 3 is 2.45 bits per heavy atom. The van der Waals surface area contributed by atoms with E-state index in [1.165, 1.54) is 5.56 Å². The van der Waals surface area contributed by atoms with Crippen molar-refractivity contribution in [3.63, 3.8) is 0 Å². The zero-order valence-corrected chi connectivity index (χ0v) is 19.2. The molecule has 1 saturated heterocycles. The van der Waals surface area contributed by atoms with Crippen LogP contribution in [0.4, 0.5) is 5.69 Å². The Morgan fingerprint density at radius 2 is 1.81 bits per heavy atom. The minimum absolute atomic E-state index is 0.0364. The van der Waals surface area contributed by atoms with Gasteiger partial charge in [0.25, 0.3) is 0 Å². The van der Waals surface area contributed by atoms with Crippen molar-refractivity contribution in [2.45, 2.75) is 45.4 Å². The van der Waals surface area contributed by atoms with E-state index in [2.05, 4.69) is 49.2 Å². The van der Waals surface area contributed by atoms with Crippen molar-refractivity contribution in [3.8, 4) is 5.75 Å². The summed E-state index contributed by atoms with van der Waals surface area (Å²) >= 11 is 0. The molecule has 1 fully saturated rings. The van der Waals surface area contributed by atoms with Gasteiger partial charge in [-0.2, -0.15) is 0 Å². The molecule has 1 N–H and O–H groups in total. The van der Waals surface area contributed by atoms with Gasteiger partial charge < -0.3 is 19.7 Å². The SMILES string of the molecule is CCN(CC)CCCOc1ccc(NC(=O)C2(c3cccc(C)c3)CCOCC2)cc1. The molecule has 5 heteroatoms. The number of ether oxygens (including phenoxy) is 2. The van der Waals surface area contributed by atoms with E-state index in [1.807, 2.05) is 30.3 Å². The lowest BCUT2D eigenvalue weighted by atomic mass is 9.73. The molecule has 0 unspecified atom stereocenters. The number of anilines is 1. The molecule has 31 heavy (non-hydrogen) atoms. The molecule has 0 aromatic heterocycles. The Bertz CT molecular complexity index is 825. The average Bonchev–Trinajstić information content (AvgIpc) is 2.80. The van der Waals surface area contributed by atoms with Gasteiger partial charge in [-0.25, -0.2) is 0 Å². The molecule has 0 spiro atoms. The number of benzene rings is 2. The summed E-state index contributed by atoms with van der Waals surface area (Å²) in [5, 5.41) is 3.14. The number of nitrogens with zero attached hydrogens (tertiary/aromatic N) is 1. The third-order valence-corrected chi connectivity index (χ3v) is 6.25. The van der Waals surface area contributed by atoms with E-state index in [1.54, 1.807) is 0 Å². The van der Waals surface area contributed by atoms with Gasteiger partial charge in [0.1, 0.15) is 5.75 Å². The van der Waals surface area contributed by atoms with Crippen LogP contribution in [0.1, 0.15) is 44.2 Å². The Balaban J connectivity index is 1.61. The van der Waals surface area contributed by atoms with Crippen LogP contribution in [0.3, 0.4) is 0 Å². The standard InChI is InChI=1S/C26H36N2O3/c1-4-28(5-2)16-7-17-31-24-12-10-23(11-13-24)27-25(29)26(14-18-30-19-15-26)22-9-6-8-21(3)20-22/h6,8-13,20H,4-5,7,14-19H2,1-3H3,(H,27,29). The molecule has 0 atom stereocenters. The molecular weight excluding hydrogens is 388 g/mol. The Hall–Kier alpha value is -2.37. The first-order valence-corrected chi connectivity index (χ1v) is 11.5. The number of carbonyl (C=O) groups excluding carboxylic acids is 1. The third-order valence-electron chi connectivity index (χ3n) is 6.25. The van der Waals surface area contributed by atoms with Gasteiger partial charge in [0.2, 0.25) is 5.91 Å². The number of aryl methyl sites for hydroxylation is 1. The Kier molecular flexibility index (Phi) is 8.50. The van der Waals surface area contributed by atoms with Gasteiger partial charge >= 0.3 is 0 Å². The van der Waals surface area contributed by atoms with Crippen molar-refractivity contribution >= 4 is 11.6 Å². The maximum Gasteiger partial charge on any atom is 0.235 e. The van der Waals surface area contributed by atoms with Gasteiger partial charge in [-0.3, -0.25) is 4.79 Å². The van der Waals surface area contributed by atoms with Crippen LogP contribution in [-0.2, 0) is 14.9 Å². The van der Waals surface area contributed by atoms with Gasteiger partial charge in [0.05, 0.1) is 12.0 Å². The molecule has 0 aliphatic carbocycles. The Morgan fingerprint density at radius 1 is 1.10 bits per heavy atom. The van der Waals surface area contributed by atoms with Crippen LogP contribution in [0, 0.1) is 6.92 Å². The average molecular weight is 425 g/mol. The molecule has 0 radical (unpaired) electrons. The van der Waals surface area contributed by atoms with Crippen molar-refractivity contribution in [1.82, 2.24) is 4.90 Å². The van der Waals surface area contributed by atoms with Crippen molar-refractivity contribution in [3.05, 3.63) is 59.7 Å². The highest BCUT2D eigenvalue weighted by Crippen LogP contribution is 2.36. The lowest BCUT2D eigenvalue weighted by molar-refractivity contribution is -0.125. The van der Waals surface area contributed by atoms with Crippen molar-refractivity contribution in [2.75, 3.05) is 44.8 Å². The maximum atomic E-state index is 13.4. The summed E-state index contributed by atoms with van der Waals surface area (Å²) in [7, 11) is 0. The van der Waals surface area contributed by atoms with Crippen LogP contribution in [0.2, 0.25) is 0 Å². The minimum Gasteiger partial charge on any atom is -0.494 e. The second kappa shape index (κ2) is 11.3. The van der Waals surface area contributed by atoms with Crippen LogP contribution < -0.4 is 10.1 Å². The fraction of sp³-hybridized carbons (Fsp3) is 0.500. The van der Waals surface area contributed by atoms with Gasteiger partial charge in [0.15, 0.2) is 0 Å². The first-order chi connectivity index (χ1) is 15.1. The fourth-order valence-electron chi connectivity index (χ4n) is 4.21. The highest BCUT2D eigenvalue weighted by atomic mass is 16.5. The van der Waals surface area contributed by atoms with Gasteiger partial charge in [-0.15, -0.1) is 0 Å². The second-order valence-corrected chi connectivity index (χ2v) is 8.27. The first-order valence-electron chi connectivity index (χ1n) is 11.5. The van der Waals surface area contributed by atoms with E-state index in [4.69, 9.17) is 9.47 Å². The number of carbonyl (C=O) groups is 1. The number of nitrogens with one attached hydrogen (secondary N) is 1. The van der Waals surface area contributed by atoms with E-state index in [9.17, 15) is 4.79 Å². The quantitative estimate of drug-likeness (QED) is 0.557. The summed E-state index contributed by atoms with van der Waals surface area (Å²) < 4.78 is 11.4. The van der Waals surface area contributed by atoms with Crippen molar-refractivity contribution < 1.29 is 14.3 Å². The summed E-state index contributed by atoms with van der Waals surface area (Å²) in [6.07, 6.45) is 2.38. The topological polar surface area (TPSA) is 50.8 Å². The second-order valence-electron chi connectivity index (χ2n) is 8.27. The van der Waals surface area contributed by atoms with Gasteiger partial charge in [0, 0.05) is 25.4 Å². The van der Waals surface area contributed by atoms with Crippen LogP contribution in [0.25, 0.3) is 0 Å². The van der Waals surface area contributed by atoms with E-state index in [-0.39, 0.29) is 5.91 Å². The first kappa shape index (κ1) is 23.3. The van der Waals surface area contributed by atoms with Gasteiger partial charge in [-0.1, -0.05) is 43.7 Å². The molecule has 3 rings (SSSR count). The van der Waals surface area contributed by atoms with E-state index in [0.29, 0.717) is 32.7 Å². The monoisotopic (exact) mass is 424 g/mol.